The van der Waals surface area contributed by atoms with Gasteiger partial charge in [-0.1, -0.05) is 76.6 Å². The van der Waals surface area contributed by atoms with E-state index in [9.17, 15) is 14.4 Å². The molecule has 36 heavy (non-hydrogen) atoms. The fraction of sp³-hybridized carbons (Fsp3) is 0.0690. The highest BCUT2D eigenvalue weighted by Crippen LogP contribution is 2.29. The maximum Gasteiger partial charge on any atom is 0.335 e. The monoisotopic (exact) mass is 540 g/mol. The number of para-hydroxylation sites is 1. The Morgan fingerprint density at radius 3 is 2.50 bits per heavy atom. The van der Waals surface area contributed by atoms with Crippen molar-refractivity contribution in [3.63, 3.8) is 0 Å². The van der Waals surface area contributed by atoms with Crippen LogP contribution < -0.4 is 15.0 Å². The summed E-state index contributed by atoms with van der Waals surface area (Å²) in [5.74, 6) is -0.931. The van der Waals surface area contributed by atoms with E-state index in [1.54, 1.807) is 43.3 Å². The van der Waals surface area contributed by atoms with Gasteiger partial charge in [0.2, 0.25) is 0 Å². The van der Waals surface area contributed by atoms with E-state index in [1.807, 2.05) is 48.5 Å². The third-order valence-electron chi connectivity index (χ3n) is 5.98. The van der Waals surface area contributed by atoms with E-state index in [2.05, 4.69) is 21.2 Å². The van der Waals surface area contributed by atoms with Crippen LogP contribution in [0.2, 0.25) is 0 Å². The molecule has 1 heterocycles. The third-order valence-corrected chi connectivity index (χ3v) is 6.48. The number of imide groups is 2. The minimum absolute atomic E-state index is 0.155. The summed E-state index contributed by atoms with van der Waals surface area (Å²) in [6.07, 6.45) is 1.46. The summed E-state index contributed by atoms with van der Waals surface area (Å²) in [6, 6.07) is 25.7. The summed E-state index contributed by atoms with van der Waals surface area (Å²) in [4.78, 5) is 39.6. The topological polar surface area (TPSA) is 75.7 Å². The van der Waals surface area contributed by atoms with Crippen LogP contribution in [0.15, 0.2) is 95.0 Å². The Hall–Kier alpha value is -4.23. The maximum atomic E-state index is 13.3. The quantitative estimate of drug-likeness (QED) is 0.243. The standard InChI is InChI=1S/C29H21BrN2O4/c1-18-15-22(30)13-14-25(18)32-28(34)24(27(33)31-29(32)35)16-20-8-3-5-12-26(20)36-17-21-10-6-9-19-7-2-4-11-23(19)21/h2-16H,17H2,1H3,(H,31,33,35)/b24-16-. The molecule has 1 aliphatic rings. The maximum absolute atomic E-state index is 13.3. The zero-order chi connectivity index (χ0) is 25.2. The largest absolute Gasteiger partial charge is 0.488 e. The van der Waals surface area contributed by atoms with Crippen molar-refractivity contribution in [2.75, 3.05) is 4.90 Å². The fourth-order valence-electron chi connectivity index (χ4n) is 4.21. The van der Waals surface area contributed by atoms with E-state index < -0.39 is 17.8 Å². The number of hydrogen-bond donors (Lipinski definition) is 1. The van der Waals surface area contributed by atoms with Gasteiger partial charge in [0.15, 0.2) is 0 Å². The van der Waals surface area contributed by atoms with Crippen LogP contribution in [0.1, 0.15) is 16.7 Å². The molecule has 0 bridgehead atoms. The van der Waals surface area contributed by atoms with Crippen LogP contribution in [0, 0.1) is 6.92 Å². The Kier molecular flexibility index (Phi) is 6.40. The molecule has 4 amide bonds. The van der Waals surface area contributed by atoms with Crippen LogP contribution in [0.4, 0.5) is 10.5 Å². The predicted octanol–water partition coefficient (Wildman–Crippen LogP) is 6.16. The molecule has 0 radical (unpaired) electrons. The zero-order valence-electron chi connectivity index (χ0n) is 19.3. The van der Waals surface area contributed by atoms with Crippen molar-refractivity contribution in [3.05, 3.63) is 112 Å². The number of hydrogen-bond acceptors (Lipinski definition) is 4. The zero-order valence-corrected chi connectivity index (χ0v) is 20.9. The Balaban J connectivity index is 1.46. The summed E-state index contributed by atoms with van der Waals surface area (Å²) in [5.41, 5.74) is 2.53. The molecule has 1 aliphatic heterocycles. The molecular weight excluding hydrogens is 520 g/mol. The lowest BCUT2D eigenvalue weighted by atomic mass is 10.0. The van der Waals surface area contributed by atoms with Gasteiger partial charge in [-0.25, -0.2) is 9.69 Å². The molecule has 0 atom stereocenters. The van der Waals surface area contributed by atoms with Crippen LogP contribution in [-0.2, 0) is 16.2 Å². The van der Waals surface area contributed by atoms with Crippen molar-refractivity contribution in [1.82, 2.24) is 5.32 Å². The highest BCUT2D eigenvalue weighted by Gasteiger charge is 2.37. The lowest BCUT2D eigenvalue weighted by Gasteiger charge is -2.27. The van der Waals surface area contributed by atoms with E-state index in [0.29, 0.717) is 29.2 Å². The molecule has 1 N–H and O–H groups in total. The number of nitrogens with one attached hydrogen (secondary N) is 1. The number of rotatable bonds is 5. The van der Waals surface area contributed by atoms with Crippen molar-refractivity contribution >= 4 is 56.3 Å². The molecule has 4 aromatic rings. The second-order valence-corrected chi connectivity index (χ2v) is 9.27. The number of benzene rings is 4. The van der Waals surface area contributed by atoms with Crippen LogP contribution in [0.5, 0.6) is 5.75 Å². The number of ether oxygens (including phenoxy) is 1. The molecule has 0 unspecified atom stereocenters. The molecule has 1 saturated heterocycles. The van der Waals surface area contributed by atoms with Gasteiger partial charge < -0.3 is 4.74 Å². The van der Waals surface area contributed by atoms with Crippen molar-refractivity contribution < 1.29 is 19.1 Å². The van der Waals surface area contributed by atoms with Gasteiger partial charge in [-0.05, 0) is 59.2 Å². The number of barbiturate groups is 1. The van der Waals surface area contributed by atoms with Gasteiger partial charge >= 0.3 is 6.03 Å². The van der Waals surface area contributed by atoms with E-state index in [-0.39, 0.29) is 5.57 Å². The second-order valence-electron chi connectivity index (χ2n) is 8.35. The minimum Gasteiger partial charge on any atom is -0.488 e. The number of aryl methyl sites for hydroxylation is 1. The molecule has 0 aromatic heterocycles. The lowest BCUT2D eigenvalue weighted by Crippen LogP contribution is -2.54. The van der Waals surface area contributed by atoms with Gasteiger partial charge in [-0.2, -0.15) is 0 Å². The molecule has 4 aromatic carbocycles. The van der Waals surface area contributed by atoms with Gasteiger partial charge in [-0.15, -0.1) is 0 Å². The smallest absolute Gasteiger partial charge is 0.335 e. The number of carbonyl (C=O) groups excluding carboxylic acids is 3. The Morgan fingerprint density at radius 1 is 0.917 bits per heavy atom. The summed E-state index contributed by atoms with van der Waals surface area (Å²) in [7, 11) is 0. The molecular formula is C29H21BrN2O4. The summed E-state index contributed by atoms with van der Waals surface area (Å²) in [5, 5.41) is 4.49. The number of carbonyl (C=O) groups is 3. The summed E-state index contributed by atoms with van der Waals surface area (Å²) < 4.78 is 6.95. The van der Waals surface area contributed by atoms with Crippen molar-refractivity contribution in [1.29, 1.82) is 0 Å². The third kappa shape index (κ3) is 4.53. The first-order chi connectivity index (χ1) is 17.4. The first-order valence-electron chi connectivity index (χ1n) is 11.3. The van der Waals surface area contributed by atoms with Gasteiger partial charge in [0, 0.05) is 10.0 Å². The van der Waals surface area contributed by atoms with E-state index in [4.69, 9.17) is 4.74 Å². The first-order valence-corrected chi connectivity index (χ1v) is 12.1. The number of halogens is 1. The van der Waals surface area contributed by atoms with Crippen LogP contribution >= 0.6 is 15.9 Å². The second kappa shape index (κ2) is 9.79. The van der Waals surface area contributed by atoms with Crippen molar-refractivity contribution in [2.45, 2.75) is 13.5 Å². The number of anilines is 1. The van der Waals surface area contributed by atoms with Crippen LogP contribution in [0.25, 0.3) is 16.8 Å². The average Bonchev–Trinajstić information content (AvgIpc) is 2.87. The number of fused-ring (bicyclic) bond motifs is 1. The Morgan fingerprint density at radius 2 is 1.67 bits per heavy atom. The predicted molar refractivity (Wildman–Crippen MR) is 143 cm³/mol. The van der Waals surface area contributed by atoms with Crippen LogP contribution in [0.3, 0.4) is 0 Å². The van der Waals surface area contributed by atoms with Crippen LogP contribution in [-0.4, -0.2) is 17.8 Å². The first kappa shape index (κ1) is 23.5. The van der Waals surface area contributed by atoms with E-state index >= 15 is 0 Å². The normalized spacial score (nSPS) is 14.9. The average molecular weight is 541 g/mol. The van der Waals surface area contributed by atoms with Gasteiger partial charge in [0.1, 0.15) is 17.9 Å². The minimum atomic E-state index is -0.784. The van der Waals surface area contributed by atoms with Gasteiger partial charge in [0.05, 0.1) is 5.69 Å². The molecule has 178 valence electrons. The summed E-state index contributed by atoms with van der Waals surface area (Å²) in [6.45, 7) is 2.10. The molecule has 0 spiro atoms. The lowest BCUT2D eigenvalue weighted by molar-refractivity contribution is -0.122. The Labute approximate surface area is 216 Å². The summed E-state index contributed by atoms with van der Waals surface area (Å²) >= 11 is 3.39. The highest BCUT2D eigenvalue weighted by atomic mass is 79.9. The number of nitrogens with zero attached hydrogens (tertiary/aromatic N) is 1. The molecule has 7 heteroatoms. The number of amides is 4. The molecule has 1 fully saturated rings. The van der Waals surface area contributed by atoms with E-state index in [0.717, 1.165) is 25.7 Å². The van der Waals surface area contributed by atoms with Gasteiger partial charge in [0.25, 0.3) is 11.8 Å². The van der Waals surface area contributed by atoms with Gasteiger partial charge in [-0.3, -0.25) is 14.9 Å². The van der Waals surface area contributed by atoms with E-state index in [1.165, 1.54) is 6.08 Å². The molecule has 0 saturated carbocycles. The fourth-order valence-corrected chi connectivity index (χ4v) is 4.68. The van der Waals surface area contributed by atoms with Crippen molar-refractivity contribution in [3.8, 4) is 5.75 Å². The van der Waals surface area contributed by atoms with Crippen molar-refractivity contribution in [2.24, 2.45) is 0 Å². The molecule has 6 nitrogen and oxygen atoms in total. The molecule has 5 rings (SSSR count). The molecule has 0 aliphatic carbocycles. The Bertz CT molecular complexity index is 1550. The SMILES string of the molecule is Cc1cc(Br)ccc1N1C(=O)NC(=O)/C(=C/c2ccccc2OCc2cccc3ccccc23)C1=O. The highest BCUT2D eigenvalue weighted by molar-refractivity contribution is 9.10. The number of urea groups is 1.